The molecule has 0 spiro atoms. The van der Waals surface area contributed by atoms with Crippen LogP contribution in [0.1, 0.15) is 10.4 Å². The smallest absolute Gasteiger partial charge is 0.338 e. The summed E-state index contributed by atoms with van der Waals surface area (Å²) in [6.07, 6.45) is 3.33. The second-order valence-corrected chi connectivity index (χ2v) is 5.80. The largest absolute Gasteiger partial charge is 0.452 e. The zero-order valence-electron chi connectivity index (χ0n) is 14.4. The van der Waals surface area contributed by atoms with Crippen molar-refractivity contribution in [2.24, 2.45) is 0 Å². The fourth-order valence-corrected chi connectivity index (χ4v) is 2.63. The number of esters is 1. The Kier molecular flexibility index (Phi) is 5.55. The van der Waals surface area contributed by atoms with Crippen LogP contribution in [0.4, 0.5) is 11.6 Å². The molecule has 0 atom stereocenters. The van der Waals surface area contributed by atoms with Crippen LogP contribution >= 0.6 is 0 Å². The number of benzene rings is 1. The van der Waals surface area contributed by atoms with Crippen LogP contribution in [0.2, 0.25) is 0 Å². The number of hydrogen-bond acceptors (Lipinski definition) is 8. The minimum atomic E-state index is -0.699. The molecule has 0 N–H and O–H groups in total. The predicted molar refractivity (Wildman–Crippen MR) is 94.2 cm³/mol. The van der Waals surface area contributed by atoms with Gasteiger partial charge in [-0.2, -0.15) is 0 Å². The highest BCUT2D eigenvalue weighted by Gasteiger charge is 2.23. The molecule has 2 aromatic rings. The molecule has 3 rings (SSSR count). The molecule has 10 nitrogen and oxygen atoms in total. The zero-order valence-corrected chi connectivity index (χ0v) is 14.4. The van der Waals surface area contributed by atoms with Crippen molar-refractivity contribution in [3.63, 3.8) is 0 Å². The molecule has 2 heterocycles. The van der Waals surface area contributed by atoms with Crippen molar-refractivity contribution < 1.29 is 19.2 Å². The number of nitro groups is 1. The maximum absolute atomic E-state index is 12.2. The number of ether oxygens (including phenoxy) is 1. The third kappa shape index (κ3) is 4.54. The Morgan fingerprint density at radius 2 is 1.70 bits per heavy atom. The summed E-state index contributed by atoms with van der Waals surface area (Å²) < 4.78 is 5.02. The Morgan fingerprint density at radius 1 is 1.07 bits per heavy atom. The van der Waals surface area contributed by atoms with E-state index in [2.05, 4.69) is 9.97 Å². The van der Waals surface area contributed by atoms with Crippen LogP contribution in [0, 0.1) is 10.1 Å². The quantitative estimate of drug-likeness (QED) is 0.432. The Bertz CT molecular complexity index is 819. The number of non-ortho nitro benzene ring substituents is 1. The van der Waals surface area contributed by atoms with E-state index in [-0.39, 0.29) is 23.8 Å². The van der Waals surface area contributed by atoms with Crippen LogP contribution in [0.3, 0.4) is 0 Å². The van der Waals surface area contributed by atoms with Crippen molar-refractivity contribution in [1.29, 1.82) is 0 Å². The maximum Gasteiger partial charge on any atom is 0.338 e. The third-order valence-electron chi connectivity index (χ3n) is 4.11. The summed E-state index contributed by atoms with van der Waals surface area (Å²) in [5.41, 5.74) is 0.0299. The van der Waals surface area contributed by atoms with E-state index in [9.17, 15) is 19.7 Å². The van der Waals surface area contributed by atoms with Crippen molar-refractivity contribution in [2.45, 2.75) is 0 Å². The predicted octanol–water partition coefficient (Wildman–Crippen LogP) is 0.890. The van der Waals surface area contributed by atoms with Crippen LogP contribution in [-0.2, 0) is 9.53 Å². The van der Waals surface area contributed by atoms with E-state index in [0.29, 0.717) is 32.1 Å². The standard InChI is InChI=1S/C17H17N5O5/c23-15(12-27-16(24)13-2-4-14(5-3-13)22(25)26)20-8-10-21(11-9-20)17-18-6-1-7-19-17/h1-7H,8-12H2. The van der Waals surface area contributed by atoms with Crippen LogP contribution < -0.4 is 4.90 Å². The van der Waals surface area contributed by atoms with Gasteiger partial charge in [0.1, 0.15) is 0 Å². The van der Waals surface area contributed by atoms with Gasteiger partial charge in [0.2, 0.25) is 5.95 Å². The van der Waals surface area contributed by atoms with E-state index in [1.165, 1.54) is 24.3 Å². The lowest BCUT2D eigenvalue weighted by molar-refractivity contribution is -0.384. The lowest BCUT2D eigenvalue weighted by atomic mass is 10.2. The number of nitro benzene ring substituents is 1. The molecular weight excluding hydrogens is 354 g/mol. The van der Waals surface area contributed by atoms with Gasteiger partial charge in [-0.15, -0.1) is 0 Å². The molecule has 0 radical (unpaired) electrons. The Hall–Kier alpha value is -3.56. The average Bonchev–Trinajstić information content (AvgIpc) is 2.72. The Labute approximate surface area is 154 Å². The van der Waals surface area contributed by atoms with Crippen molar-refractivity contribution in [3.05, 3.63) is 58.4 Å². The monoisotopic (exact) mass is 371 g/mol. The first kappa shape index (κ1) is 18.2. The summed E-state index contributed by atoms with van der Waals surface area (Å²) in [6, 6.07) is 6.75. The van der Waals surface area contributed by atoms with Crippen LogP contribution in [0.25, 0.3) is 0 Å². The van der Waals surface area contributed by atoms with E-state index in [4.69, 9.17) is 4.74 Å². The molecule has 1 saturated heterocycles. The molecule has 0 saturated carbocycles. The molecule has 1 aliphatic heterocycles. The van der Waals surface area contributed by atoms with E-state index in [0.717, 1.165) is 0 Å². The number of nitrogens with zero attached hydrogens (tertiary/aromatic N) is 5. The minimum absolute atomic E-state index is 0.122. The number of amides is 1. The molecule has 0 aliphatic carbocycles. The maximum atomic E-state index is 12.2. The first-order valence-corrected chi connectivity index (χ1v) is 8.26. The van der Waals surface area contributed by atoms with Crippen LogP contribution in [0.5, 0.6) is 0 Å². The van der Waals surface area contributed by atoms with E-state index < -0.39 is 10.9 Å². The average molecular weight is 371 g/mol. The molecular formula is C17H17N5O5. The van der Waals surface area contributed by atoms with Gasteiger partial charge in [0, 0.05) is 50.7 Å². The second-order valence-electron chi connectivity index (χ2n) is 5.80. The first-order chi connectivity index (χ1) is 13.0. The van der Waals surface area contributed by atoms with Crippen molar-refractivity contribution in [1.82, 2.24) is 14.9 Å². The SMILES string of the molecule is O=C(OCC(=O)N1CCN(c2ncccn2)CC1)c1ccc([N+](=O)[O-])cc1. The normalized spacial score (nSPS) is 13.9. The third-order valence-corrected chi connectivity index (χ3v) is 4.11. The molecule has 1 aromatic heterocycles. The lowest BCUT2D eigenvalue weighted by Gasteiger charge is -2.34. The number of anilines is 1. The minimum Gasteiger partial charge on any atom is -0.452 e. The summed E-state index contributed by atoms with van der Waals surface area (Å²) >= 11 is 0. The second kappa shape index (κ2) is 8.21. The molecule has 140 valence electrons. The lowest BCUT2D eigenvalue weighted by Crippen LogP contribution is -2.50. The summed E-state index contributed by atoms with van der Waals surface area (Å²) in [4.78, 5) is 46.2. The number of carbonyl (C=O) groups is 2. The van der Waals surface area contributed by atoms with Crippen molar-refractivity contribution >= 4 is 23.5 Å². The summed E-state index contributed by atoms with van der Waals surface area (Å²) in [5.74, 6) is -0.373. The van der Waals surface area contributed by atoms with Gasteiger partial charge < -0.3 is 14.5 Å². The number of carbonyl (C=O) groups excluding carboxylic acids is 2. The van der Waals surface area contributed by atoms with Gasteiger partial charge in [0.25, 0.3) is 11.6 Å². The molecule has 27 heavy (non-hydrogen) atoms. The van der Waals surface area contributed by atoms with Gasteiger partial charge in [0.05, 0.1) is 10.5 Å². The van der Waals surface area contributed by atoms with Gasteiger partial charge in [-0.3, -0.25) is 14.9 Å². The molecule has 1 amide bonds. The number of rotatable bonds is 5. The molecule has 10 heteroatoms. The Balaban J connectivity index is 1.47. The van der Waals surface area contributed by atoms with Crippen LogP contribution in [0.15, 0.2) is 42.7 Å². The molecule has 1 aromatic carbocycles. The van der Waals surface area contributed by atoms with Crippen LogP contribution in [-0.4, -0.2) is 64.5 Å². The molecule has 0 bridgehead atoms. The van der Waals surface area contributed by atoms with E-state index in [1.807, 2.05) is 4.90 Å². The molecule has 1 fully saturated rings. The van der Waals surface area contributed by atoms with Gasteiger partial charge in [-0.25, -0.2) is 14.8 Å². The van der Waals surface area contributed by atoms with Gasteiger partial charge in [-0.05, 0) is 18.2 Å². The van der Waals surface area contributed by atoms with Gasteiger partial charge in [0.15, 0.2) is 6.61 Å². The Morgan fingerprint density at radius 3 is 2.30 bits per heavy atom. The van der Waals surface area contributed by atoms with E-state index in [1.54, 1.807) is 23.4 Å². The highest BCUT2D eigenvalue weighted by Crippen LogP contribution is 2.13. The fraction of sp³-hybridized carbons (Fsp3) is 0.294. The number of aromatic nitrogens is 2. The molecule has 1 aliphatic rings. The summed E-state index contributed by atoms with van der Waals surface area (Å²) in [6.45, 7) is 1.76. The number of piperazine rings is 1. The van der Waals surface area contributed by atoms with E-state index >= 15 is 0 Å². The number of hydrogen-bond donors (Lipinski definition) is 0. The van der Waals surface area contributed by atoms with Crippen molar-refractivity contribution in [2.75, 3.05) is 37.7 Å². The van der Waals surface area contributed by atoms with Gasteiger partial charge >= 0.3 is 5.97 Å². The first-order valence-electron chi connectivity index (χ1n) is 8.26. The topological polar surface area (TPSA) is 119 Å². The van der Waals surface area contributed by atoms with Gasteiger partial charge in [-0.1, -0.05) is 0 Å². The fourth-order valence-electron chi connectivity index (χ4n) is 2.63. The summed E-state index contributed by atoms with van der Waals surface area (Å²) in [5, 5.41) is 10.6. The highest BCUT2D eigenvalue weighted by molar-refractivity contribution is 5.91. The highest BCUT2D eigenvalue weighted by atomic mass is 16.6. The summed E-state index contributed by atoms with van der Waals surface area (Å²) in [7, 11) is 0. The zero-order chi connectivity index (χ0) is 19.2. The van der Waals surface area contributed by atoms with Crippen molar-refractivity contribution in [3.8, 4) is 0 Å². The molecule has 0 unspecified atom stereocenters.